The van der Waals surface area contributed by atoms with Gasteiger partial charge in [-0.2, -0.15) is 13.2 Å². The third-order valence-corrected chi connectivity index (χ3v) is 5.68. The normalized spacial score (nSPS) is 48.4. The van der Waals surface area contributed by atoms with E-state index in [1.54, 1.807) is 0 Å². The number of methoxy groups -OCH3 is 1. The molecule has 2 atom stereocenters. The Morgan fingerprint density at radius 2 is 1.74 bits per heavy atom. The molecule has 3 nitrogen and oxygen atoms in total. The maximum Gasteiger partial charge on any atom is 0.394 e. The Bertz CT molecular complexity index is 405. The number of rotatable bonds is 1. The van der Waals surface area contributed by atoms with Crippen LogP contribution in [0, 0.1) is 23.2 Å². The van der Waals surface area contributed by atoms with Crippen molar-refractivity contribution in [3.8, 4) is 0 Å². The van der Waals surface area contributed by atoms with Gasteiger partial charge in [-0.25, -0.2) is 0 Å². The molecule has 0 aromatic rings. The van der Waals surface area contributed by atoms with Crippen LogP contribution < -0.4 is 5.73 Å². The highest BCUT2D eigenvalue weighted by atomic mass is 19.4. The van der Waals surface area contributed by atoms with Crippen LogP contribution in [-0.2, 0) is 9.53 Å². The molecular formula is C13H18F3NO2. The number of hydrogen-bond donors (Lipinski definition) is 1. The molecule has 2 N–H and O–H groups in total. The van der Waals surface area contributed by atoms with E-state index in [2.05, 4.69) is 0 Å². The van der Waals surface area contributed by atoms with Crippen LogP contribution in [0.3, 0.4) is 0 Å². The van der Waals surface area contributed by atoms with E-state index in [0.29, 0.717) is 12.8 Å². The molecule has 4 fully saturated rings. The molecule has 4 aliphatic rings. The van der Waals surface area contributed by atoms with E-state index < -0.39 is 34.9 Å². The molecule has 0 radical (unpaired) electrons. The molecule has 0 heterocycles. The van der Waals surface area contributed by atoms with Crippen molar-refractivity contribution in [2.45, 2.75) is 43.8 Å². The Morgan fingerprint density at radius 3 is 2.16 bits per heavy atom. The molecular weight excluding hydrogens is 259 g/mol. The molecule has 19 heavy (non-hydrogen) atoms. The predicted octanol–water partition coefficient (Wildman–Crippen LogP) is 2.25. The molecule has 4 rings (SSSR count). The van der Waals surface area contributed by atoms with E-state index in [1.165, 1.54) is 7.11 Å². The van der Waals surface area contributed by atoms with E-state index in [-0.39, 0.29) is 25.2 Å². The van der Waals surface area contributed by atoms with Crippen molar-refractivity contribution in [2.75, 3.05) is 7.11 Å². The zero-order chi connectivity index (χ0) is 14.1. The van der Waals surface area contributed by atoms with E-state index in [9.17, 15) is 18.0 Å². The summed E-state index contributed by atoms with van der Waals surface area (Å²) in [5.74, 6) is -1.28. The van der Waals surface area contributed by atoms with Crippen molar-refractivity contribution in [2.24, 2.45) is 28.9 Å². The molecule has 0 aliphatic heterocycles. The smallest absolute Gasteiger partial charge is 0.394 e. The van der Waals surface area contributed by atoms with Gasteiger partial charge in [0, 0.05) is 0 Å². The van der Waals surface area contributed by atoms with Crippen molar-refractivity contribution < 1.29 is 22.7 Å². The van der Waals surface area contributed by atoms with Crippen molar-refractivity contribution in [1.82, 2.24) is 0 Å². The second kappa shape index (κ2) is 3.65. The number of alkyl halides is 3. The summed E-state index contributed by atoms with van der Waals surface area (Å²) in [5.41, 5.74) is 3.39. The summed E-state index contributed by atoms with van der Waals surface area (Å²) in [5, 5.41) is 0. The fourth-order valence-corrected chi connectivity index (χ4v) is 4.90. The molecule has 108 valence electrons. The highest BCUT2D eigenvalue weighted by Crippen LogP contribution is 2.67. The van der Waals surface area contributed by atoms with Gasteiger partial charge >= 0.3 is 12.1 Å². The first-order valence-electron chi connectivity index (χ1n) is 6.67. The molecule has 0 spiro atoms. The highest BCUT2D eigenvalue weighted by molar-refractivity contribution is 5.82. The second-order valence-electron chi connectivity index (χ2n) is 6.55. The minimum Gasteiger partial charge on any atom is -0.468 e. The standard InChI is InChI=1S/C13H18F3NO2/c1-19-10(18)12(17)8-2-7-3-9(12)6-11(4-7,5-8)13(14,15)16/h7-9H,2-6,17H2,1H3. The van der Waals surface area contributed by atoms with Crippen LogP contribution in [0.25, 0.3) is 0 Å². The average molecular weight is 277 g/mol. The summed E-state index contributed by atoms with van der Waals surface area (Å²) in [6.45, 7) is 0. The number of carbonyl (C=O) groups excluding carboxylic acids is 1. The van der Waals surface area contributed by atoms with Crippen molar-refractivity contribution in [3.63, 3.8) is 0 Å². The number of ether oxygens (including phenoxy) is 1. The fraction of sp³-hybridized carbons (Fsp3) is 0.923. The predicted molar refractivity (Wildman–Crippen MR) is 61.0 cm³/mol. The maximum atomic E-state index is 13.4. The maximum absolute atomic E-state index is 13.4. The molecule has 6 heteroatoms. The van der Waals surface area contributed by atoms with Crippen LogP contribution >= 0.6 is 0 Å². The van der Waals surface area contributed by atoms with Crippen molar-refractivity contribution >= 4 is 5.97 Å². The molecule has 4 bridgehead atoms. The van der Waals surface area contributed by atoms with Gasteiger partial charge in [-0.1, -0.05) is 0 Å². The van der Waals surface area contributed by atoms with Gasteiger partial charge in [0.25, 0.3) is 0 Å². The SMILES string of the molecule is COC(=O)C1(N)C2CC3CC1CC(C(F)(F)F)(C3)C2. The zero-order valence-corrected chi connectivity index (χ0v) is 10.8. The van der Waals surface area contributed by atoms with Gasteiger partial charge in [0.15, 0.2) is 0 Å². The topological polar surface area (TPSA) is 52.3 Å². The number of carbonyl (C=O) groups is 1. The molecule has 4 saturated carbocycles. The summed E-state index contributed by atoms with van der Waals surface area (Å²) < 4.78 is 44.9. The highest BCUT2D eigenvalue weighted by Gasteiger charge is 2.70. The number of halogens is 3. The van der Waals surface area contributed by atoms with E-state index in [1.807, 2.05) is 0 Å². The molecule has 0 amide bonds. The van der Waals surface area contributed by atoms with Gasteiger partial charge < -0.3 is 10.5 Å². The summed E-state index contributed by atoms with van der Waals surface area (Å²) in [6, 6.07) is 0. The monoisotopic (exact) mass is 277 g/mol. The van der Waals surface area contributed by atoms with E-state index in [4.69, 9.17) is 10.5 Å². The molecule has 0 aromatic heterocycles. The van der Waals surface area contributed by atoms with Gasteiger partial charge in [0.2, 0.25) is 0 Å². The lowest BCUT2D eigenvalue weighted by molar-refractivity contribution is -0.283. The Hall–Kier alpha value is -0.780. The van der Waals surface area contributed by atoms with Crippen molar-refractivity contribution in [1.29, 1.82) is 0 Å². The lowest BCUT2D eigenvalue weighted by Crippen LogP contribution is -2.71. The van der Waals surface area contributed by atoms with Gasteiger partial charge in [-0.15, -0.1) is 0 Å². The minimum absolute atomic E-state index is 0.0187. The van der Waals surface area contributed by atoms with Crippen LogP contribution in [0.1, 0.15) is 32.1 Å². The summed E-state index contributed by atoms with van der Waals surface area (Å²) in [7, 11) is 1.25. The summed E-state index contributed by atoms with van der Waals surface area (Å²) in [6.07, 6.45) is -2.77. The Morgan fingerprint density at radius 1 is 1.21 bits per heavy atom. The quantitative estimate of drug-likeness (QED) is 0.748. The van der Waals surface area contributed by atoms with Crippen molar-refractivity contribution in [3.05, 3.63) is 0 Å². The summed E-state index contributed by atoms with van der Waals surface area (Å²) >= 11 is 0. The van der Waals surface area contributed by atoms with E-state index in [0.717, 1.165) is 0 Å². The second-order valence-corrected chi connectivity index (χ2v) is 6.55. The number of nitrogens with two attached hydrogens (primary N) is 1. The van der Waals surface area contributed by atoms with Crippen LogP contribution in [-0.4, -0.2) is 24.8 Å². The first-order valence-corrected chi connectivity index (χ1v) is 6.67. The first kappa shape index (κ1) is 13.2. The Labute approximate surface area is 109 Å². The molecule has 4 aliphatic carbocycles. The third-order valence-electron chi connectivity index (χ3n) is 5.68. The number of esters is 1. The van der Waals surface area contributed by atoms with Gasteiger partial charge in [0.1, 0.15) is 5.54 Å². The zero-order valence-electron chi connectivity index (χ0n) is 10.8. The Balaban J connectivity index is 1.99. The van der Waals surface area contributed by atoms with E-state index >= 15 is 0 Å². The first-order chi connectivity index (χ1) is 8.73. The van der Waals surface area contributed by atoms with Gasteiger partial charge in [-0.3, -0.25) is 4.79 Å². The van der Waals surface area contributed by atoms with Gasteiger partial charge in [-0.05, 0) is 49.9 Å². The fourth-order valence-electron chi connectivity index (χ4n) is 4.90. The Kier molecular flexibility index (Phi) is 2.54. The van der Waals surface area contributed by atoms with Crippen LogP contribution in [0.2, 0.25) is 0 Å². The summed E-state index contributed by atoms with van der Waals surface area (Å²) in [4.78, 5) is 11.9. The molecule has 0 saturated heterocycles. The lowest BCUT2D eigenvalue weighted by Gasteiger charge is -2.62. The minimum atomic E-state index is -4.19. The molecule has 0 aromatic carbocycles. The van der Waals surface area contributed by atoms with Crippen LogP contribution in [0.4, 0.5) is 13.2 Å². The number of hydrogen-bond acceptors (Lipinski definition) is 3. The molecule has 2 unspecified atom stereocenters. The van der Waals surface area contributed by atoms with Gasteiger partial charge in [0.05, 0.1) is 12.5 Å². The third kappa shape index (κ3) is 1.52. The largest absolute Gasteiger partial charge is 0.468 e. The lowest BCUT2D eigenvalue weighted by atomic mass is 9.43. The average Bonchev–Trinajstić information content (AvgIpc) is 2.32. The van der Waals surface area contributed by atoms with Crippen LogP contribution in [0.5, 0.6) is 0 Å². The van der Waals surface area contributed by atoms with Crippen LogP contribution in [0.15, 0.2) is 0 Å².